The Morgan fingerprint density at radius 3 is 2.06 bits per heavy atom. The first kappa shape index (κ1) is 22.8. The molecule has 0 saturated carbocycles. The van der Waals surface area contributed by atoms with Crippen molar-refractivity contribution < 1.29 is 23.7 Å². The van der Waals surface area contributed by atoms with Crippen LogP contribution in [0.4, 0.5) is 0 Å². The predicted molar refractivity (Wildman–Crippen MR) is 127 cm³/mol. The molecule has 3 aromatic carbocycles. The molecule has 6 nitrogen and oxygen atoms in total. The van der Waals surface area contributed by atoms with E-state index >= 15 is 0 Å². The minimum atomic E-state index is -0.380. The molecule has 0 spiro atoms. The molecule has 0 aromatic heterocycles. The van der Waals surface area contributed by atoms with E-state index in [0.717, 1.165) is 16.7 Å². The van der Waals surface area contributed by atoms with E-state index in [0.29, 0.717) is 46.5 Å². The number of halogens is 1. The molecule has 4 rings (SSSR count). The molecule has 1 atom stereocenters. The van der Waals surface area contributed by atoms with Crippen LogP contribution >= 0.6 is 11.6 Å². The van der Waals surface area contributed by atoms with Crippen molar-refractivity contribution in [1.82, 2.24) is 4.90 Å². The zero-order chi connectivity index (χ0) is 23.5. The Kier molecular flexibility index (Phi) is 6.65. The van der Waals surface area contributed by atoms with Gasteiger partial charge in [-0.05, 0) is 59.5 Å². The van der Waals surface area contributed by atoms with Crippen LogP contribution in [0, 0.1) is 0 Å². The molecule has 1 unspecified atom stereocenters. The first-order valence-electron chi connectivity index (χ1n) is 10.5. The van der Waals surface area contributed by atoms with Gasteiger partial charge in [-0.3, -0.25) is 4.79 Å². The lowest BCUT2D eigenvalue weighted by molar-refractivity contribution is 0.0687. The van der Waals surface area contributed by atoms with Crippen LogP contribution in [0.25, 0.3) is 0 Å². The van der Waals surface area contributed by atoms with Crippen molar-refractivity contribution in [3.63, 3.8) is 0 Å². The number of nitrogens with zero attached hydrogens (tertiary/aromatic N) is 1. The average Bonchev–Trinajstić information content (AvgIpc) is 2.85. The monoisotopic (exact) mass is 467 g/mol. The molecule has 0 radical (unpaired) electrons. The van der Waals surface area contributed by atoms with Crippen molar-refractivity contribution in [2.45, 2.75) is 12.5 Å². The quantitative estimate of drug-likeness (QED) is 0.501. The van der Waals surface area contributed by atoms with Crippen LogP contribution in [0.15, 0.2) is 54.6 Å². The average molecular weight is 468 g/mol. The number of carbonyl (C=O) groups excluding carboxylic acids is 1. The fourth-order valence-electron chi connectivity index (χ4n) is 4.41. The Balaban J connectivity index is 1.90. The summed E-state index contributed by atoms with van der Waals surface area (Å²) in [4.78, 5) is 15.8. The minimum absolute atomic E-state index is 0.185. The van der Waals surface area contributed by atoms with Crippen LogP contribution in [-0.4, -0.2) is 45.8 Å². The number of methoxy groups -OCH3 is 4. The summed E-state index contributed by atoms with van der Waals surface area (Å²) in [6.45, 7) is 0.500. The Labute approximate surface area is 198 Å². The van der Waals surface area contributed by atoms with E-state index in [1.54, 1.807) is 46.6 Å². The maximum atomic E-state index is 14.0. The van der Waals surface area contributed by atoms with Crippen molar-refractivity contribution >= 4 is 17.5 Å². The van der Waals surface area contributed by atoms with Gasteiger partial charge in [-0.1, -0.05) is 29.8 Å². The molecule has 1 amide bonds. The molecule has 33 heavy (non-hydrogen) atoms. The van der Waals surface area contributed by atoms with Crippen LogP contribution < -0.4 is 18.9 Å². The first-order chi connectivity index (χ1) is 16.0. The van der Waals surface area contributed by atoms with Gasteiger partial charge in [0.15, 0.2) is 11.5 Å². The van der Waals surface area contributed by atoms with Gasteiger partial charge in [0.05, 0.1) is 34.5 Å². The van der Waals surface area contributed by atoms with E-state index in [4.69, 9.17) is 30.5 Å². The maximum absolute atomic E-state index is 14.0. The van der Waals surface area contributed by atoms with Gasteiger partial charge in [0, 0.05) is 11.6 Å². The molecule has 3 aromatic rings. The van der Waals surface area contributed by atoms with Crippen LogP contribution in [0.2, 0.25) is 5.02 Å². The SMILES string of the molecule is COc1cc2c(cc1OC)C(c1cccc(Cl)c1)N(C(=O)c1c(OC)cccc1OC)CC2. The summed E-state index contributed by atoms with van der Waals surface area (Å²) < 4.78 is 22.1. The maximum Gasteiger partial charge on any atom is 0.262 e. The summed E-state index contributed by atoms with van der Waals surface area (Å²) in [5.41, 5.74) is 3.34. The van der Waals surface area contributed by atoms with E-state index in [1.165, 1.54) is 0 Å². The Bertz CT molecular complexity index is 1160. The molecule has 0 aliphatic carbocycles. The van der Waals surface area contributed by atoms with Gasteiger partial charge >= 0.3 is 0 Å². The van der Waals surface area contributed by atoms with Crippen molar-refractivity contribution in [3.05, 3.63) is 81.9 Å². The normalized spacial score (nSPS) is 14.9. The number of ether oxygens (including phenoxy) is 4. The molecule has 1 heterocycles. The Morgan fingerprint density at radius 2 is 1.45 bits per heavy atom. The lowest BCUT2D eigenvalue weighted by Gasteiger charge is -2.38. The summed E-state index contributed by atoms with van der Waals surface area (Å²) in [6.07, 6.45) is 0.663. The van der Waals surface area contributed by atoms with E-state index < -0.39 is 0 Å². The second-order valence-electron chi connectivity index (χ2n) is 7.65. The molecule has 0 N–H and O–H groups in total. The van der Waals surface area contributed by atoms with Gasteiger partial charge in [0.2, 0.25) is 0 Å². The lowest BCUT2D eigenvalue weighted by Crippen LogP contribution is -2.41. The van der Waals surface area contributed by atoms with Crippen molar-refractivity contribution in [2.75, 3.05) is 35.0 Å². The third kappa shape index (κ3) is 4.18. The summed E-state index contributed by atoms with van der Waals surface area (Å²) in [7, 11) is 6.31. The standard InChI is InChI=1S/C26H26ClNO5/c1-30-20-9-6-10-21(31-2)24(20)26(29)28-12-11-16-14-22(32-3)23(33-4)15-19(16)25(28)17-7-5-8-18(27)13-17/h5-10,13-15,25H,11-12H2,1-4H3. The van der Waals surface area contributed by atoms with Crippen molar-refractivity contribution in [2.24, 2.45) is 0 Å². The van der Waals surface area contributed by atoms with Gasteiger partial charge in [0.1, 0.15) is 17.1 Å². The summed E-state index contributed by atoms with van der Waals surface area (Å²) >= 11 is 6.35. The molecular formula is C26H26ClNO5. The highest BCUT2D eigenvalue weighted by atomic mass is 35.5. The van der Waals surface area contributed by atoms with E-state index in [2.05, 4.69) is 0 Å². The molecule has 0 bridgehead atoms. The highest BCUT2D eigenvalue weighted by Gasteiger charge is 2.36. The summed E-state index contributed by atoms with van der Waals surface area (Å²) in [5.74, 6) is 2.00. The Hall–Kier alpha value is -3.38. The first-order valence-corrected chi connectivity index (χ1v) is 10.9. The lowest BCUT2D eigenvalue weighted by atomic mass is 9.87. The van der Waals surface area contributed by atoms with Gasteiger partial charge in [-0.2, -0.15) is 0 Å². The number of rotatable bonds is 6. The highest BCUT2D eigenvalue weighted by Crippen LogP contribution is 2.43. The van der Waals surface area contributed by atoms with Crippen LogP contribution in [0.3, 0.4) is 0 Å². The van der Waals surface area contributed by atoms with Crippen LogP contribution in [-0.2, 0) is 6.42 Å². The number of fused-ring (bicyclic) bond motifs is 1. The second-order valence-corrected chi connectivity index (χ2v) is 8.09. The van der Waals surface area contributed by atoms with Gasteiger partial charge in [0.25, 0.3) is 5.91 Å². The molecule has 7 heteroatoms. The van der Waals surface area contributed by atoms with E-state index in [9.17, 15) is 4.79 Å². The molecular weight excluding hydrogens is 442 g/mol. The number of hydrogen-bond donors (Lipinski definition) is 0. The number of benzene rings is 3. The van der Waals surface area contributed by atoms with Crippen molar-refractivity contribution in [3.8, 4) is 23.0 Å². The van der Waals surface area contributed by atoms with E-state index in [1.807, 2.05) is 41.3 Å². The number of carbonyl (C=O) groups is 1. The number of hydrogen-bond acceptors (Lipinski definition) is 5. The van der Waals surface area contributed by atoms with Gasteiger partial charge < -0.3 is 23.8 Å². The predicted octanol–water partition coefficient (Wildman–Crippen LogP) is 5.16. The zero-order valence-corrected chi connectivity index (χ0v) is 19.8. The second kappa shape index (κ2) is 9.63. The van der Waals surface area contributed by atoms with Gasteiger partial charge in [-0.15, -0.1) is 0 Å². The molecule has 0 saturated heterocycles. The largest absolute Gasteiger partial charge is 0.496 e. The van der Waals surface area contributed by atoms with E-state index in [-0.39, 0.29) is 11.9 Å². The molecule has 1 aliphatic heterocycles. The molecule has 0 fully saturated rings. The summed E-state index contributed by atoms with van der Waals surface area (Å²) in [5, 5.41) is 0.599. The topological polar surface area (TPSA) is 57.2 Å². The van der Waals surface area contributed by atoms with Crippen LogP contribution in [0.1, 0.15) is 33.1 Å². The zero-order valence-electron chi connectivity index (χ0n) is 19.1. The third-order valence-electron chi connectivity index (χ3n) is 5.94. The fourth-order valence-corrected chi connectivity index (χ4v) is 4.61. The Morgan fingerprint density at radius 1 is 0.848 bits per heavy atom. The highest BCUT2D eigenvalue weighted by molar-refractivity contribution is 6.30. The fraction of sp³-hybridized carbons (Fsp3) is 0.269. The minimum Gasteiger partial charge on any atom is -0.496 e. The molecule has 172 valence electrons. The van der Waals surface area contributed by atoms with Crippen LogP contribution in [0.5, 0.6) is 23.0 Å². The van der Waals surface area contributed by atoms with Gasteiger partial charge in [-0.25, -0.2) is 0 Å². The van der Waals surface area contributed by atoms with Crippen molar-refractivity contribution in [1.29, 1.82) is 0 Å². The third-order valence-corrected chi connectivity index (χ3v) is 6.18. The number of amides is 1. The smallest absolute Gasteiger partial charge is 0.262 e. The molecule has 1 aliphatic rings. The summed E-state index contributed by atoms with van der Waals surface area (Å²) in [6, 6.07) is 16.4.